The zero-order valence-electron chi connectivity index (χ0n) is 18.9. The first-order chi connectivity index (χ1) is 16.8. The highest BCUT2D eigenvalue weighted by atomic mass is 32.1. The third kappa shape index (κ3) is 5.67. The Morgan fingerprint density at radius 1 is 1.09 bits per heavy atom. The molecule has 2 amide bonds. The van der Waals surface area contributed by atoms with E-state index in [1.165, 1.54) is 16.7 Å². The lowest BCUT2D eigenvalue weighted by Crippen LogP contribution is -2.33. The molecule has 0 fully saturated rings. The summed E-state index contributed by atoms with van der Waals surface area (Å²) in [6.07, 6.45) is -2.25. The minimum atomic E-state index is -1.19. The van der Waals surface area contributed by atoms with Gasteiger partial charge >= 0.3 is 12.1 Å². The van der Waals surface area contributed by atoms with Crippen LogP contribution in [0, 0.1) is 0 Å². The number of carbonyl (C=O) groups excluding carboxylic acids is 2. The highest BCUT2D eigenvalue weighted by Gasteiger charge is 2.29. The number of hydrogen-bond acceptors (Lipinski definition) is 7. The molecule has 0 saturated heterocycles. The van der Waals surface area contributed by atoms with Gasteiger partial charge in [0.15, 0.2) is 0 Å². The van der Waals surface area contributed by atoms with E-state index < -0.39 is 36.5 Å². The quantitative estimate of drug-likeness (QED) is 0.357. The number of carboxylic acid groups (broad SMARTS) is 1. The van der Waals surface area contributed by atoms with Gasteiger partial charge in [-0.15, -0.1) is 11.3 Å². The zero-order chi connectivity index (χ0) is 24.9. The Morgan fingerprint density at radius 2 is 1.71 bits per heavy atom. The van der Waals surface area contributed by atoms with Gasteiger partial charge in [-0.2, -0.15) is 0 Å². The van der Waals surface area contributed by atoms with E-state index in [0.29, 0.717) is 5.01 Å². The van der Waals surface area contributed by atoms with E-state index in [1.807, 2.05) is 36.4 Å². The molecule has 35 heavy (non-hydrogen) atoms. The molecule has 2 atom stereocenters. The van der Waals surface area contributed by atoms with Crippen molar-refractivity contribution in [1.82, 2.24) is 15.6 Å². The summed E-state index contributed by atoms with van der Waals surface area (Å²) in [6, 6.07) is 15.7. The lowest BCUT2D eigenvalue weighted by molar-refractivity contribution is -0.139. The van der Waals surface area contributed by atoms with Crippen molar-refractivity contribution >= 4 is 29.3 Å². The molecule has 2 aromatic carbocycles. The zero-order valence-corrected chi connectivity index (χ0v) is 19.7. The van der Waals surface area contributed by atoms with E-state index >= 15 is 0 Å². The van der Waals surface area contributed by atoms with Crippen LogP contribution in [0.25, 0.3) is 11.1 Å². The Morgan fingerprint density at radius 3 is 2.34 bits per heavy atom. The van der Waals surface area contributed by atoms with Gasteiger partial charge in [-0.25, -0.2) is 9.78 Å². The normalized spacial score (nSPS) is 13.9. The van der Waals surface area contributed by atoms with Crippen molar-refractivity contribution in [2.45, 2.75) is 31.4 Å². The topological polar surface area (TPSA) is 138 Å². The number of hydrogen-bond donors (Lipinski definition) is 4. The number of fused-ring (bicyclic) bond motifs is 3. The van der Waals surface area contributed by atoms with Crippen molar-refractivity contribution in [3.8, 4) is 11.1 Å². The van der Waals surface area contributed by atoms with Crippen molar-refractivity contribution in [3.05, 3.63) is 75.7 Å². The van der Waals surface area contributed by atoms with Gasteiger partial charge in [0.2, 0.25) is 0 Å². The molecule has 1 heterocycles. The average Bonchev–Trinajstić information content (AvgIpc) is 3.45. The van der Waals surface area contributed by atoms with Crippen molar-refractivity contribution in [3.63, 3.8) is 0 Å². The van der Waals surface area contributed by atoms with E-state index in [-0.39, 0.29) is 24.8 Å². The number of nitrogens with one attached hydrogen (secondary N) is 2. The molecule has 4 N–H and O–H groups in total. The maximum absolute atomic E-state index is 12.5. The number of thiazole rings is 1. The maximum atomic E-state index is 12.5. The van der Waals surface area contributed by atoms with Crippen LogP contribution >= 0.6 is 11.3 Å². The molecule has 0 bridgehead atoms. The number of aromatic nitrogens is 1. The second kappa shape index (κ2) is 10.7. The maximum Gasteiger partial charge on any atom is 0.407 e. The summed E-state index contributed by atoms with van der Waals surface area (Å²) >= 11 is 1.20. The molecule has 1 aliphatic carbocycles. The third-order valence-electron chi connectivity index (χ3n) is 5.71. The smallest absolute Gasteiger partial charge is 0.407 e. The molecule has 182 valence electrons. The molecule has 0 saturated carbocycles. The molecule has 0 spiro atoms. The van der Waals surface area contributed by atoms with Gasteiger partial charge in [0, 0.05) is 17.8 Å². The first-order valence-corrected chi connectivity index (χ1v) is 12.0. The summed E-state index contributed by atoms with van der Waals surface area (Å²) in [4.78, 5) is 39.5. The number of benzene rings is 2. The molecule has 9 nitrogen and oxygen atoms in total. The van der Waals surface area contributed by atoms with Gasteiger partial charge in [0.05, 0.1) is 18.6 Å². The molecular formula is C25H25N3O6S. The number of rotatable bonds is 9. The fourth-order valence-corrected chi connectivity index (χ4v) is 4.85. The van der Waals surface area contributed by atoms with Crippen LogP contribution in [0.3, 0.4) is 0 Å². The molecular weight excluding hydrogens is 470 g/mol. The van der Waals surface area contributed by atoms with E-state index in [9.17, 15) is 19.5 Å². The summed E-state index contributed by atoms with van der Waals surface area (Å²) in [5.74, 6) is -1.74. The fraction of sp³-hybridized carbons (Fsp3) is 0.280. The first kappa shape index (κ1) is 24.4. The first-order valence-electron chi connectivity index (χ1n) is 11.1. The summed E-state index contributed by atoms with van der Waals surface area (Å²) in [5, 5.41) is 25.5. The van der Waals surface area contributed by atoms with Gasteiger partial charge in [0.25, 0.3) is 5.91 Å². The Hall–Kier alpha value is -3.76. The van der Waals surface area contributed by atoms with Crippen LogP contribution in [0.4, 0.5) is 4.79 Å². The Labute approximate surface area is 205 Å². The summed E-state index contributed by atoms with van der Waals surface area (Å²) in [7, 11) is 0. The van der Waals surface area contributed by atoms with E-state index in [2.05, 4.69) is 27.8 Å². The Bertz CT molecular complexity index is 1200. The molecule has 1 aromatic heterocycles. The molecule has 0 radical (unpaired) electrons. The molecule has 1 aliphatic rings. The van der Waals surface area contributed by atoms with Gasteiger partial charge in [-0.05, 0) is 29.2 Å². The van der Waals surface area contributed by atoms with E-state index in [4.69, 9.17) is 9.84 Å². The fourth-order valence-electron chi connectivity index (χ4n) is 4.04. The van der Waals surface area contributed by atoms with Crippen molar-refractivity contribution < 1.29 is 29.3 Å². The van der Waals surface area contributed by atoms with E-state index in [1.54, 1.807) is 6.92 Å². The molecule has 4 rings (SSSR count). The number of carbonyl (C=O) groups is 3. The number of ether oxygens (including phenoxy) is 1. The lowest BCUT2D eigenvalue weighted by Gasteiger charge is -2.16. The summed E-state index contributed by atoms with van der Waals surface area (Å²) in [5.41, 5.74) is 4.66. The number of alkyl carbamates (subject to hydrolysis) is 1. The Balaban J connectivity index is 1.31. The second-order valence-electron chi connectivity index (χ2n) is 8.22. The number of amides is 2. The third-order valence-corrected chi connectivity index (χ3v) is 6.74. The number of aliphatic hydroxyl groups excluding tert-OH is 1. The Kier molecular flexibility index (Phi) is 7.42. The highest BCUT2D eigenvalue weighted by molar-refractivity contribution is 7.09. The van der Waals surface area contributed by atoms with E-state index in [0.717, 1.165) is 22.3 Å². The highest BCUT2D eigenvalue weighted by Crippen LogP contribution is 2.44. The summed E-state index contributed by atoms with van der Waals surface area (Å²) in [6.45, 7) is 1.72. The SMILES string of the molecule is CC(NC(=O)OCC1c2ccccc2-c2ccccc21)c1nc(C(=O)NCC(O)CC(=O)O)cs1. The number of nitrogens with zero attached hydrogens (tertiary/aromatic N) is 1. The van der Waals surface area contributed by atoms with Crippen molar-refractivity contribution in [2.75, 3.05) is 13.2 Å². The molecule has 2 unspecified atom stereocenters. The lowest BCUT2D eigenvalue weighted by atomic mass is 9.98. The van der Waals surface area contributed by atoms with Crippen LogP contribution in [0.2, 0.25) is 0 Å². The van der Waals surface area contributed by atoms with Crippen LogP contribution in [0.5, 0.6) is 0 Å². The monoisotopic (exact) mass is 495 g/mol. The van der Waals surface area contributed by atoms with Crippen molar-refractivity contribution in [2.24, 2.45) is 0 Å². The predicted molar refractivity (Wildman–Crippen MR) is 129 cm³/mol. The number of aliphatic carboxylic acids is 1. The predicted octanol–water partition coefficient (Wildman–Crippen LogP) is 3.31. The van der Waals surface area contributed by atoms with Crippen LogP contribution in [-0.2, 0) is 9.53 Å². The van der Waals surface area contributed by atoms with Gasteiger partial charge < -0.3 is 25.6 Å². The molecule has 0 aliphatic heterocycles. The van der Waals surface area contributed by atoms with Crippen LogP contribution < -0.4 is 10.6 Å². The number of aliphatic hydroxyl groups is 1. The van der Waals surface area contributed by atoms with Gasteiger partial charge in [0.1, 0.15) is 17.3 Å². The van der Waals surface area contributed by atoms with Gasteiger partial charge in [-0.3, -0.25) is 9.59 Å². The minimum absolute atomic E-state index is 0.0462. The minimum Gasteiger partial charge on any atom is -0.481 e. The summed E-state index contributed by atoms with van der Waals surface area (Å²) < 4.78 is 5.55. The average molecular weight is 496 g/mol. The second-order valence-corrected chi connectivity index (χ2v) is 9.11. The van der Waals surface area contributed by atoms with Gasteiger partial charge in [-0.1, -0.05) is 48.5 Å². The standard InChI is InChI=1S/C25H25N3O6S/c1-14(24-28-21(13-35-24)23(32)26-11-15(29)10-22(30)31)27-25(33)34-12-20-18-8-4-2-6-16(18)17-7-3-5-9-19(17)20/h2-9,13-15,20,29H,10-12H2,1H3,(H,26,32)(H,27,33)(H,30,31). The largest absolute Gasteiger partial charge is 0.481 e. The molecule has 3 aromatic rings. The van der Waals surface area contributed by atoms with Crippen LogP contribution in [0.15, 0.2) is 53.9 Å². The van der Waals surface area contributed by atoms with Crippen molar-refractivity contribution in [1.29, 1.82) is 0 Å². The van der Waals surface area contributed by atoms with Crippen LogP contribution in [-0.4, -0.2) is 52.4 Å². The number of carboxylic acids is 1. The van der Waals surface area contributed by atoms with Crippen LogP contribution in [0.1, 0.15) is 51.9 Å². The molecule has 10 heteroatoms.